The molecule has 0 aromatic carbocycles. The summed E-state index contributed by atoms with van der Waals surface area (Å²) >= 11 is 1.89. The average molecular weight is 265 g/mol. The summed E-state index contributed by atoms with van der Waals surface area (Å²) in [6.07, 6.45) is 4.17. The second-order valence-corrected chi connectivity index (χ2v) is 7.34. The van der Waals surface area contributed by atoms with Crippen LogP contribution in [0.5, 0.6) is 0 Å². The van der Waals surface area contributed by atoms with E-state index in [1.807, 2.05) is 11.3 Å². The quantitative estimate of drug-likeness (QED) is 0.838. The Morgan fingerprint density at radius 2 is 2.17 bits per heavy atom. The van der Waals surface area contributed by atoms with Crippen LogP contribution >= 0.6 is 11.3 Å². The van der Waals surface area contributed by atoms with Gasteiger partial charge in [0, 0.05) is 17.5 Å². The molecule has 0 amide bonds. The normalized spacial score (nSPS) is 28.8. The summed E-state index contributed by atoms with van der Waals surface area (Å²) < 4.78 is 0. The van der Waals surface area contributed by atoms with Gasteiger partial charge in [-0.15, -0.1) is 11.3 Å². The molecule has 1 saturated carbocycles. The van der Waals surface area contributed by atoms with Gasteiger partial charge in [-0.05, 0) is 54.5 Å². The van der Waals surface area contributed by atoms with E-state index in [9.17, 15) is 0 Å². The third-order valence-electron chi connectivity index (χ3n) is 4.52. The highest BCUT2D eigenvalue weighted by atomic mass is 32.1. The maximum atomic E-state index is 3.84. The maximum absolute atomic E-state index is 3.84. The van der Waals surface area contributed by atoms with E-state index >= 15 is 0 Å². The molecule has 0 radical (unpaired) electrons. The van der Waals surface area contributed by atoms with Crippen molar-refractivity contribution < 1.29 is 0 Å². The fraction of sp³-hybridized carbons (Fsp3) is 0.750. The largest absolute Gasteiger partial charge is 0.309 e. The molecule has 1 aliphatic carbocycles. The first-order valence-corrected chi connectivity index (χ1v) is 8.22. The smallest absolute Gasteiger partial charge is 0.0305 e. The first kappa shape index (κ1) is 14.1. The number of rotatable bonds is 4. The van der Waals surface area contributed by atoms with Crippen LogP contribution in [0.3, 0.4) is 0 Å². The molecule has 3 unspecified atom stereocenters. The summed E-state index contributed by atoms with van der Waals surface area (Å²) in [7, 11) is 0. The Hall–Kier alpha value is -0.340. The molecular weight excluding hydrogens is 238 g/mol. The Balaban J connectivity index is 1.94. The summed E-state index contributed by atoms with van der Waals surface area (Å²) in [5.74, 6) is 2.56. The zero-order valence-corrected chi connectivity index (χ0v) is 13.0. The summed E-state index contributed by atoms with van der Waals surface area (Å²) in [5, 5.41) is 6.04. The lowest BCUT2D eigenvalue weighted by atomic mass is 9.74. The molecule has 2 heteroatoms. The third-order valence-corrected chi connectivity index (χ3v) is 5.54. The van der Waals surface area contributed by atoms with Crippen LogP contribution in [-0.2, 0) is 6.54 Å². The fourth-order valence-corrected chi connectivity index (χ4v) is 4.10. The summed E-state index contributed by atoms with van der Waals surface area (Å²) in [5.41, 5.74) is 1.44. The van der Waals surface area contributed by atoms with Crippen LogP contribution in [0.25, 0.3) is 0 Å². The Bertz CT molecular complexity index is 369. The van der Waals surface area contributed by atoms with E-state index in [1.54, 1.807) is 0 Å². The average Bonchev–Trinajstić information content (AvgIpc) is 2.72. The van der Waals surface area contributed by atoms with Crippen molar-refractivity contribution in [1.82, 2.24) is 5.32 Å². The molecule has 18 heavy (non-hydrogen) atoms. The first-order chi connectivity index (χ1) is 8.58. The lowest BCUT2D eigenvalue weighted by Gasteiger charge is -2.38. The lowest BCUT2D eigenvalue weighted by Crippen LogP contribution is -2.42. The molecule has 0 saturated heterocycles. The van der Waals surface area contributed by atoms with Crippen LogP contribution in [0.2, 0.25) is 0 Å². The van der Waals surface area contributed by atoms with Gasteiger partial charge in [0.2, 0.25) is 0 Å². The zero-order chi connectivity index (χ0) is 13.1. The molecule has 102 valence electrons. The van der Waals surface area contributed by atoms with E-state index in [4.69, 9.17) is 0 Å². The van der Waals surface area contributed by atoms with Gasteiger partial charge in [0.05, 0.1) is 0 Å². The van der Waals surface area contributed by atoms with Crippen molar-refractivity contribution in [2.75, 3.05) is 0 Å². The maximum Gasteiger partial charge on any atom is 0.0305 e. The van der Waals surface area contributed by atoms with Gasteiger partial charge in [-0.3, -0.25) is 0 Å². The molecule has 1 fully saturated rings. The van der Waals surface area contributed by atoms with Crippen LogP contribution in [0, 0.1) is 24.7 Å². The van der Waals surface area contributed by atoms with Gasteiger partial charge in [0.25, 0.3) is 0 Å². The highest BCUT2D eigenvalue weighted by molar-refractivity contribution is 7.10. The zero-order valence-electron chi connectivity index (χ0n) is 12.2. The number of thiophene rings is 1. The number of nitrogens with one attached hydrogen (secondary N) is 1. The topological polar surface area (TPSA) is 12.0 Å². The van der Waals surface area contributed by atoms with Crippen molar-refractivity contribution >= 4 is 11.3 Å². The molecule has 3 atom stereocenters. The van der Waals surface area contributed by atoms with Crippen molar-refractivity contribution in [3.63, 3.8) is 0 Å². The van der Waals surface area contributed by atoms with Crippen LogP contribution in [-0.4, -0.2) is 6.04 Å². The van der Waals surface area contributed by atoms with Crippen LogP contribution in [0.4, 0.5) is 0 Å². The number of hydrogen-bond acceptors (Lipinski definition) is 2. The van der Waals surface area contributed by atoms with Crippen molar-refractivity contribution in [3.8, 4) is 0 Å². The van der Waals surface area contributed by atoms with E-state index < -0.39 is 0 Å². The van der Waals surface area contributed by atoms with Crippen molar-refractivity contribution in [1.29, 1.82) is 0 Å². The van der Waals surface area contributed by atoms with Crippen molar-refractivity contribution in [2.45, 2.75) is 59.5 Å². The molecule has 1 N–H and O–H groups in total. The Morgan fingerprint density at radius 1 is 1.39 bits per heavy atom. The van der Waals surface area contributed by atoms with Gasteiger partial charge in [-0.1, -0.05) is 27.2 Å². The van der Waals surface area contributed by atoms with Crippen LogP contribution in [0.1, 0.15) is 50.5 Å². The molecule has 0 spiro atoms. The van der Waals surface area contributed by atoms with E-state index in [1.165, 1.54) is 29.7 Å². The Labute approximate surface area is 116 Å². The summed E-state index contributed by atoms with van der Waals surface area (Å²) in [6, 6.07) is 2.95. The van der Waals surface area contributed by atoms with Gasteiger partial charge in [-0.25, -0.2) is 0 Å². The minimum Gasteiger partial charge on any atom is -0.309 e. The fourth-order valence-electron chi connectivity index (χ4n) is 3.25. The molecule has 1 heterocycles. The van der Waals surface area contributed by atoms with Crippen LogP contribution in [0.15, 0.2) is 11.4 Å². The Kier molecular flexibility index (Phi) is 4.85. The second kappa shape index (κ2) is 6.21. The van der Waals surface area contributed by atoms with Gasteiger partial charge in [0.1, 0.15) is 0 Å². The summed E-state index contributed by atoms with van der Waals surface area (Å²) in [6.45, 7) is 10.4. The lowest BCUT2D eigenvalue weighted by molar-refractivity contribution is 0.169. The van der Waals surface area contributed by atoms with E-state index in [0.717, 1.165) is 30.3 Å². The van der Waals surface area contributed by atoms with E-state index in [0.29, 0.717) is 0 Å². The molecule has 1 nitrogen and oxygen atoms in total. The van der Waals surface area contributed by atoms with Crippen molar-refractivity contribution in [2.24, 2.45) is 17.8 Å². The minimum absolute atomic E-state index is 0.718. The second-order valence-electron chi connectivity index (χ2n) is 6.34. The molecule has 2 rings (SSSR count). The standard InChI is InChI=1S/C16H27NS/c1-11(2)14-6-5-12(3)9-15(14)17-10-16-13(4)7-8-18-16/h7-8,11-12,14-15,17H,5-6,9-10H2,1-4H3. The molecule has 1 aromatic rings. The predicted molar refractivity (Wildman–Crippen MR) is 81.0 cm³/mol. The van der Waals surface area contributed by atoms with Gasteiger partial charge in [-0.2, -0.15) is 0 Å². The molecule has 1 aromatic heterocycles. The molecule has 1 aliphatic rings. The van der Waals surface area contributed by atoms with E-state index in [-0.39, 0.29) is 0 Å². The number of hydrogen-bond donors (Lipinski definition) is 1. The highest BCUT2D eigenvalue weighted by Gasteiger charge is 2.30. The first-order valence-electron chi connectivity index (χ1n) is 7.34. The van der Waals surface area contributed by atoms with Gasteiger partial charge < -0.3 is 5.32 Å². The van der Waals surface area contributed by atoms with Gasteiger partial charge in [0.15, 0.2) is 0 Å². The highest BCUT2D eigenvalue weighted by Crippen LogP contribution is 2.33. The molecule has 0 bridgehead atoms. The molecular formula is C16H27NS. The molecule has 0 aliphatic heterocycles. The van der Waals surface area contributed by atoms with Crippen LogP contribution < -0.4 is 5.32 Å². The van der Waals surface area contributed by atoms with Crippen molar-refractivity contribution in [3.05, 3.63) is 21.9 Å². The summed E-state index contributed by atoms with van der Waals surface area (Å²) in [4.78, 5) is 1.51. The number of aryl methyl sites for hydroxylation is 1. The SMILES string of the molecule is Cc1ccsc1CNC1CC(C)CCC1C(C)C. The predicted octanol–water partition coefficient (Wildman–Crippen LogP) is 4.61. The monoisotopic (exact) mass is 265 g/mol. The van der Waals surface area contributed by atoms with Gasteiger partial charge >= 0.3 is 0 Å². The third kappa shape index (κ3) is 3.36. The van der Waals surface area contributed by atoms with E-state index in [2.05, 4.69) is 44.5 Å². The minimum atomic E-state index is 0.718. The Morgan fingerprint density at radius 3 is 2.78 bits per heavy atom.